The van der Waals surface area contributed by atoms with Gasteiger partial charge in [0.05, 0.1) is 12.5 Å². The molecule has 0 bridgehead atoms. The molecule has 2 aromatic rings. The lowest BCUT2D eigenvalue weighted by molar-refractivity contribution is 0.455. The van der Waals surface area contributed by atoms with Crippen LogP contribution in [0.25, 0.3) is 11.0 Å². The van der Waals surface area contributed by atoms with E-state index in [0.717, 1.165) is 29.4 Å². The van der Waals surface area contributed by atoms with Crippen molar-refractivity contribution in [1.29, 1.82) is 0 Å². The molecule has 78 valence electrons. The van der Waals surface area contributed by atoms with Crippen LogP contribution in [-0.4, -0.2) is 4.98 Å². The molecular formula is C12H14N2O. The van der Waals surface area contributed by atoms with Gasteiger partial charge >= 0.3 is 0 Å². The fourth-order valence-corrected chi connectivity index (χ4v) is 2.54. The van der Waals surface area contributed by atoms with E-state index in [2.05, 4.69) is 4.98 Å². The van der Waals surface area contributed by atoms with Gasteiger partial charge in [0, 0.05) is 22.7 Å². The Morgan fingerprint density at radius 3 is 2.93 bits per heavy atom. The molecule has 0 radical (unpaired) electrons. The number of furan rings is 1. The molecule has 0 unspecified atom stereocenters. The maximum absolute atomic E-state index is 6.41. The summed E-state index contributed by atoms with van der Waals surface area (Å²) in [5.41, 5.74) is 8.22. The normalized spacial score (nSPS) is 19.8. The third kappa shape index (κ3) is 1.27. The summed E-state index contributed by atoms with van der Waals surface area (Å²) in [4.78, 5) is 4.04. The van der Waals surface area contributed by atoms with Gasteiger partial charge in [-0.05, 0) is 18.9 Å². The van der Waals surface area contributed by atoms with Crippen LogP contribution in [0.5, 0.6) is 0 Å². The summed E-state index contributed by atoms with van der Waals surface area (Å²) >= 11 is 0. The molecule has 1 aliphatic rings. The van der Waals surface area contributed by atoms with Gasteiger partial charge in [0.2, 0.25) is 0 Å². The lowest BCUT2D eigenvalue weighted by Crippen LogP contribution is -2.32. The van der Waals surface area contributed by atoms with E-state index in [1.807, 2.05) is 6.07 Å². The third-order valence-electron chi connectivity index (χ3n) is 3.41. The number of nitrogens with zero attached hydrogens (tertiary/aromatic N) is 1. The zero-order valence-corrected chi connectivity index (χ0v) is 8.57. The second-order valence-electron chi connectivity index (χ2n) is 4.38. The Kier molecular flexibility index (Phi) is 1.83. The van der Waals surface area contributed by atoms with Crippen LogP contribution in [0.4, 0.5) is 0 Å². The maximum atomic E-state index is 6.41. The van der Waals surface area contributed by atoms with Crippen LogP contribution in [-0.2, 0) is 5.54 Å². The van der Waals surface area contributed by atoms with Gasteiger partial charge in [-0.3, -0.25) is 4.98 Å². The van der Waals surface area contributed by atoms with Crippen LogP contribution in [0.1, 0.15) is 31.2 Å². The first-order valence-corrected chi connectivity index (χ1v) is 5.40. The molecule has 1 fully saturated rings. The lowest BCUT2D eigenvalue weighted by Gasteiger charge is -2.22. The molecule has 3 heteroatoms. The first kappa shape index (κ1) is 8.92. The monoisotopic (exact) mass is 202 g/mol. The molecule has 2 heterocycles. The molecule has 2 N–H and O–H groups in total. The highest BCUT2D eigenvalue weighted by molar-refractivity contribution is 5.81. The van der Waals surface area contributed by atoms with Crippen molar-refractivity contribution in [3.63, 3.8) is 0 Å². The van der Waals surface area contributed by atoms with E-state index in [-0.39, 0.29) is 5.54 Å². The third-order valence-corrected chi connectivity index (χ3v) is 3.41. The number of aromatic nitrogens is 1. The second kappa shape index (κ2) is 3.07. The Morgan fingerprint density at radius 2 is 2.13 bits per heavy atom. The highest BCUT2D eigenvalue weighted by Gasteiger charge is 2.33. The predicted octanol–water partition coefficient (Wildman–Crippen LogP) is 2.56. The Balaban J connectivity index is 2.18. The molecular weight excluding hydrogens is 188 g/mol. The average molecular weight is 202 g/mol. The van der Waals surface area contributed by atoms with Gasteiger partial charge in [0.1, 0.15) is 0 Å². The first-order chi connectivity index (χ1) is 7.30. The van der Waals surface area contributed by atoms with E-state index in [1.54, 1.807) is 18.7 Å². The molecule has 3 nitrogen and oxygen atoms in total. The summed E-state index contributed by atoms with van der Waals surface area (Å²) in [7, 11) is 0. The van der Waals surface area contributed by atoms with Crippen LogP contribution < -0.4 is 5.73 Å². The summed E-state index contributed by atoms with van der Waals surface area (Å²) in [5, 5.41) is 1.12. The number of hydrogen-bond acceptors (Lipinski definition) is 3. The lowest BCUT2D eigenvalue weighted by atomic mass is 9.89. The first-order valence-electron chi connectivity index (χ1n) is 5.40. The zero-order chi connectivity index (χ0) is 10.3. The Hall–Kier alpha value is -1.35. The largest absolute Gasteiger partial charge is 0.462 e. The molecule has 0 amide bonds. The Labute approximate surface area is 88.3 Å². The molecule has 15 heavy (non-hydrogen) atoms. The van der Waals surface area contributed by atoms with Crippen molar-refractivity contribution in [3.8, 4) is 0 Å². The quantitative estimate of drug-likeness (QED) is 0.773. The van der Waals surface area contributed by atoms with E-state index < -0.39 is 0 Å². The minimum atomic E-state index is -0.174. The zero-order valence-electron chi connectivity index (χ0n) is 8.57. The van der Waals surface area contributed by atoms with Crippen LogP contribution in [0.2, 0.25) is 0 Å². The fourth-order valence-electron chi connectivity index (χ4n) is 2.54. The van der Waals surface area contributed by atoms with Gasteiger partial charge in [-0.2, -0.15) is 0 Å². The van der Waals surface area contributed by atoms with Crippen LogP contribution in [0.3, 0.4) is 0 Å². The van der Waals surface area contributed by atoms with E-state index in [1.165, 1.54) is 12.8 Å². The summed E-state index contributed by atoms with van der Waals surface area (Å²) < 4.78 is 5.48. The predicted molar refractivity (Wildman–Crippen MR) is 58.3 cm³/mol. The summed E-state index contributed by atoms with van der Waals surface area (Å²) in [6.07, 6.45) is 9.89. The van der Waals surface area contributed by atoms with Crippen LogP contribution in [0, 0.1) is 0 Å². The second-order valence-corrected chi connectivity index (χ2v) is 4.38. The summed E-state index contributed by atoms with van der Waals surface area (Å²) in [6.45, 7) is 0. The van der Waals surface area contributed by atoms with Crippen molar-refractivity contribution >= 4 is 11.0 Å². The van der Waals surface area contributed by atoms with Crippen LogP contribution >= 0.6 is 0 Å². The highest BCUT2D eigenvalue weighted by atomic mass is 16.3. The smallest absolute Gasteiger partial charge is 0.152 e. The maximum Gasteiger partial charge on any atom is 0.152 e. The summed E-state index contributed by atoms with van der Waals surface area (Å²) in [6, 6.07) is 1.99. The van der Waals surface area contributed by atoms with Gasteiger partial charge in [0.15, 0.2) is 5.58 Å². The number of pyridine rings is 1. The van der Waals surface area contributed by atoms with Gasteiger partial charge in [-0.15, -0.1) is 0 Å². The standard InChI is InChI=1S/C12H14N2O/c13-12(4-1-2-5-12)10-8-15-11-7-14-6-3-9(10)11/h3,6-8H,1-2,4-5,13H2. The molecule has 0 spiro atoms. The topological polar surface area (TPSA) is 52.0 Å². The van der Waals surface area contributed by atoms with E-state index in [0.29, 0.717) is 0 Å². The van der Waals surface area contributed by atoms with Gasteiger partial charge in [-0.25, -0.2) is 0 Å². The van der Waals surface area contributed by atoms with Gasteiger partial charge in [0.25, 0.3) is 0 Å². The summed E-state index contributed by atoms with van der Waals surface area (Å²) in [5.74, 6) is 0. The van der Waals surface area contributed by atoms with E-state index in [9.17, 15) is 0 Å². The van der Waals surface area contributed by atoms with Crippen LogP contribution in [0.15, 0.2) is 29.1 Å². The Morgan fingerprint density at radius 1 is 1.33 bits per heavy atom. The SMILES string of the molecule is NC1(c2coc3cnccc23)CCCC1. The molecule has 0 saturated heterocycles. The van der Waals surface area contributed by atoms with Crippen molar-refractivity contribution in [2.24, 2.45) is 5.73 Å². The average Bonchev–Trinajstić information content (AvgIpc) is 2.84. The van der Waals surface area contributed by atoms with Gasteiger partial charge < -0.3 is 10.2 Å². The molecule has 0 aliphatic heterocycles. The van der Waals surface area contributed by atoms with Crippen molar-refractivity contribution < 1.29 is 4.42 Å². The minimum Gasteiger partial charge on any atom is -0.462 e. The number of hydrogen-bond donors (Lipinski definition) is 1. The molecule has 1 aliphatic carbocycles. The number of nitrogens with two attached hydrogens (primary N) is 1. The van der Waals surface area contributed by atoms with Gasteiger partial charge in [-0.1, -0.05) is 12.8 Å². The number of rotatable bonds is 1. The van der Waals surface area contributed by atoms with E-state index in [4.69, 9.17) is 10.2 Å². The van der Waals surface area contributed by atoms with Crippen molar-refractivity contribution in [1.82, 2.24) is 4.98 Å². The molecule has 2 aromatic heterocycles. The minimum absolute atomic E-state index is 0.174. The molecule has 3 rings (SSSR count). The highest BCUT2D eigenvalue weighted by Crippen LogP contribution is 2.39. The van der Waals surface area contributed by atoms with Crippen molar-refractivity contribution in [2.75, 3.05) is 0 Å². The Bertz CT molecular complexity index is 483. The fraction of sp³-hybridized carbons (Fsp3) is 0.417. The molecule has 1 saturated carbocycles. The molecule has 0 aromatic carbocycles. The van der Waals surface area contributed by atoms with Crippen molar-refractivity contribution in [2.45, 2.75) is 31.2 Å². The molecule has 0 atom stereocenters. The van der Waals surface area contributed by atoms with Crippen molar-refractivity contribution in [3.05, 3.63) is 30.3 Å². The van der Waals surface area contributed by atoms with E-state index >= 15 is 0 Å². The number of fused-ring (bicyclic) bond motifs is 1.